The topological polar surface area (TPSA) is 56.4 Å². The van der Waals surface area contributed by atoms with Gasteiger partial charge in [0.2, 0.25) is 0 Å². The number of halogens is 1. The van der Waals surface area contributed by atoms with Crippen molar-refractivity contribution in [3.05, 3.63) is 28.8 Å². The summed E-state index contributed by atoms with van der Waals surface area (Å²) in [6.07, 6.45) is 0. The van der Waals surface area contributed by atoms with Gasteiger partial charge in [0.25, 0.3) is 0 Å². The quantitative estimate of drug-likeness (QED) is 0.662. The normalized spacial score (nSPS) is 16.7. The molecule has 1 fully saturated rings. The average Bonchev–Trinajstić information content (AvgIpc) is 2.38. The summed E-state index contributed by atoms with van der Waals surface area (Å²) in [6.45, 7) is 9.89. The standard InChI is InChI=1S/C15H23ClN4/c1-11(2)10-19-5-7-20(8-6-19)12-3-4-13(15(17)18)14(16)9-12/h3-4,9,11H,5-8,10H2,1-2H3,(H3,17,18). The molecule has 5 heteroatoms. The summed E-state index contributed by atoms with van der Waals surface area (Å²) in [7, 11) is 0. The Balaban J connectivity index is 2.00. The number of nitrogens with zero attached hydrogens (tertiary/aromatic N) is 2. The van der Waals surface area contributed by atoms with Crippen molar-refractivity contribution in [3.8, 4) is 0 Å². The van der Waals surface area contributed by atoms with Gasteiger partial charge in [-0.2, -0.15) is 0 Å². The SMILES string of the molecule is CC(C)CN1CCN(c2ccc(C(=N)N)c(Cl)c2)CC1. The predicted octanol–water partition coefficient (Wildman–Crippen LogP) is 2.40. The summed E-state index contributed by atoms with van der Waals surface area (Å²) in [5.41, 5.74) is 7.21. The van der Waals surface area contributed by atoms with Crippen LogP contribution in [0, 0.1) is 11.3 Å². The summed E-state index contributed by atoms with van der Waals surface area (Å²) in [5.74, 6) is 0.731. The van der Waals surface area contributed by atoms with Crippen molar-refractivity contribution in [1.29, 1.82) is 5.41 Å². The fourth-order valence-corrected chi connectivity index (χ4v) is 2.90. The van der Waals surface area contributed by atoms with Crippen molar-refractivity contribution in [1.82, 2.24) is 4.90 Å². The Labute approximate surface area is 126 Å². The van der Waals surface area contributed by atoms with E-state index in [-0.39, 0.29) is 5.84 Å². The molecule has 0 bridgehead atoms. The zero-order valence-corrected chi connectivity index (χ0v) is 13.0. The highest BCUT2D eigenvalue weighted by molar-refractivity contribution is 6.34. The third kappa shape index (κ3) is 3.64. The fourth-order valence-electron chi connectivity index (χ4n) is 2.62. The number of amidine groups is 1. The number of nitrogen functional groups attached to an aromatic ring is 1. The van der Waals surface area contributed by atoms with Gasteiger partial charge in [0.05, 0.1) is 5.02 Å². The highest BCUT2D eigenvalue weighted by Gasteiger charge is 2.18. The van der Waals surface area contributed by atoms with Crippen LogP contribution >= 0.6 is 11.6 Å². The third-order valence-corrected chi connectivity index (χ3v) is 3.92. The van der Waals surface area contributed by atoms with Crippen LogP contribution in [-0.4, -0.2) is 43.5 Å². The molecule has 20 heavy (non-hydrogen) atoms. The Kier molecular flexibility index (Phi) is 4.89. The molecule has 0 amide bonds. The van der Waals surface area contributed by atoms with Crippen molar-refractivity contribution in [3.63, 3.8) is 0 Å². The second-order valence-corrected chi connectivity index (χ2v) is 6.17. The molecule has 0 saturated carbocycles. The molecule has 3 N–H and O–H groups in total. The summed E-state index contributed by atoms with van der Waals surface area (Å²) >= 11 is 6.18. The minimum absolute atomic E-state index is 0.0169. The Bertz CT molecular complexity index is 479. The number of nitrogens with one attached hydrogen (secondary N) is 1. The molecule has 110 valence electrons. The molecule has 0 spiro atoms. The van der Waals surface area contributed by atoms with Crippen LogP contribution in [0.3, 0.4) is 0 Å². The molecule has 4 nitrogen and oxygen atoms in total. The number of piperazine rings is 1. The molecule has 0 radical (unpaired) electrons. The van der Waals surface area contributed by atoms with Crippen LogP contribution in [0.15, 0.2) is 18.2 Å². The van der Waals surface area contributed by atoms with E-state index in [1.54, 1.807) is 0 Å². The summed E-state index contributed by atoms with van der Waals surface area (Å²) in [4.78, 5) is 4.85. The number of anilines is 1. The third-order valence-electron chi connectivity index (χ3n) is 3.60. The first-order valence-corrected chi connectivity index (χ1v) is 7.46. The van der Waals surface area contributed by atoms with E-state index in [2.05, 4.69) is 23.6 Å². The molecule has 2 rings (SSSR count). The van der Waals surface area contributed by atoms with Gasteiger partial charge in [-0.1, -0.05) is 25.4 Å². The molecule has 1 aliphatic rings. The van der Waals surface area contributed by atoms with Gasteiger partial charge in [-0.15, -0.1) is 0 Å². The zero-order valence-electron chi connectivity index (χ0n) is 12.2. The summed E-state index contributed by atoms with van der Waals surface area (Å²) < 4.78 is 0. The largest absolute Gasteiger partial charge is 0.384 e. The second kappa shape index (κ2) is 6.46. The van der Waals surface area contributed by atoms with Crippen LogP contribution in [0.25, 0.3) is 0 Å². The lowest BCUT2D eigenvalue weighted by molar-refractivity contribution is 0.231. The minimum atomic E-state index is 0.0169. The van der Waals surface area contributed by atoms with Gasteiger partial charge in [0.1, 0.15) is 5.84 Å². The summed E-state index contributed by atoms with van der Waals surface area (Å²) in [5, 5.41) is 8.01. The average molecular weight is 295 g/mol. The lowest BCUT2D eigenvalue weighted by Crippen LogP contribution is -2.47. The molecular weight excluding hydrogens is 272 g/mol. The van der Waals surface area contributed by atoms with Gasteiger partial charge in [0.15, 0.2) is 0 Å². The molecule has 0 aromatic heterocycles. The number of hydrogen-bond acceptors (Lipinski definition) is 3. The fraction of sp³-hybridized carbons (Fsp3) is 0.533. The molecule has 0 aliphatic carbocycles. The Morgan fingerprint density at radius 2 is 1.95 bits per heavy atom. The van der Waals surface area contributed by atoms with E-state index in [1.165, 1.54) is 0 Å². The van der Waals surface area contributed by atoms with Gasteiger partial charge >= 0.3 is 0 Å². The molecule has 1 aromatic rings. The van der Waals surface area contributed by atoms with E-state index in [0.717, 1.165) is 38.4 Å². The number of benzene rings is 1. The van der Waals surface area contributed by atoms with Gasteiger partial charge in [0, 0.05) is 44.0 Å². The Hall–Kier alpha value is -1.26. The zero-order chi connectivity index (χ0) is 14.7. The van der Waals surface area contributed by atoms with E-state index in [1.807, 2.05) is 18.2 Å². The first-order valence-electron chi connectivity index (χ1n) is 7.08. The van der Waals surface area contributed by atoms with Gasteiger partial charge in [-0.05, 0) is 24.1 Å². The van der Waals surface area contributed by atoms with Crippen LogP contribution in [0.1, 0.15) is 19.4 Å². The van der Waals surface area contributed by atoms with Crippen molar-refractivity contribution in [2.75, 3.05) is 37.6 Å². The highest BCUT2D eigenvalue weighted by atomic mass is 35.5. The van der Waals surface area contributed by atoms with Gasteiger partial charge in [-0.25, -0.2) is 0 Å². The number of hydrogen-bond donors (Lipinski definition) is 2. The monoisotopic (exact) mass is 294 g/mol. The maximum absolute atomic E-state index is 7.46. The van der Waals surface area contributed by atoms with Gasteiger partial charge < -0.3 is 10.6 Å². The van der Waals surface area contributed by atoms with E-state index in [9.17, 15) is 0 Å². The molecular formula is C15H23ClN4. The van der Waals surface area contributed by atoms with E-state index in [0.29, 0.717) is 16.5 Å². The van der Waals surface area contributed by atoms with Crippen molar-refractivity contribution in [2.24, 2.45) is 11.7 Å². The van der Waals surface area contributed by atoms with E-state index < -0.39 is 0 Å². The highest BCUT2D eigenvalue weighted by Crippen LogP contribution is 2.24. The first-order chi connectivity index (χ1) is 9.47. The van der Waals surface area contributed by atoms with Crippen LogP contribution < -0.4 is 10.6 Å². The maximum atomic E-state index is 7.46. The molecule has 0 atom stereocenters. The van der Waals surface area contributed by atoms with Crippen molar-refractivity contribution < 1.29 is 0 Å². The lowest BCUT2D eigenvalue weighted by atomic mass is 10.1. The van der Waals surface area contributed by atoms with Gasteiger partial charge in [-0.3, -0.25) is 10.3 Å². The molecule has 1 heterocycles. The van der Waals surface area contributed by atoms with Crippen LogP contribution in [0.2, 0.25) is 5.02 Å². The molecule has 1 saturated heterocycles. The van der Waals surface area contributed by atoms with Crippen LogP contribution in [0.5, 0.6) is 0 Å². The second-order valence-electron chi connectivity index (χ2n) is 5.76. The van der Waals surface area contributed by atoms with Crippen LogP contribution in [-0.2, 0) is 0 Å². The lowest BCUT2D eigenvalue weighted by Gasteiger charge is -2.37. The van der Waals surface area contributed by atoms with E-state index >= 15 is 0 Å². The van der Waals surface area contributed by atoms with E-state index in [4.69, 9.17) is 22.7 Å². The predicted molar refractivity (Wildman–Crippen MR) is 86.0 cm³/mol. The Morgan fingerprint density at radius 1 is 1.30 bits per heavy atom. The van der Waals surface area contributed by atoms with Crippen molar-refractivity contribution in [2.45, 2.75) is 13.8 Å². The van der Waals surface area contributed by atoms with Crippen molar-refractivity contribution >= 4 is 23.1 Å². The number of rotatable bonds is 4. The molecule has 1 aromatic carbocycles. The Morgan fingerprint density at radius 3 is 2.45 bits per heavy atom. The smallest absolute Gasteiger partial charge is 0.124 e. The van der Waals surface area contributed by atoms with Crippen LogP contribution in [0.4, 0.5) is 5.69 Å². The maximum Gasteiger partial charge on any atom is 0.124 e. The number of nitrogens with two attached hydrogens (primary N) is 1. The molecule has 1 aliphatic heterocycles. The minimum Gasteiger partial charge on any atom is -0.384 e. The summed E-state index contributed by atoms with van der Waals surface area (Å²) in [6, 6.07) is 5.75. The molecule has 0 unspecified atom stereocenters. The first kappa shape index (κ1) is 15.1.